The Hall–Kier alpha value is -2.23. The van der Waals surface area contributed by atoms with E-state index in [1.807, 2.05) is 30.3 Å². The van der Waals surface area contributed by atoms with E-state index in [1.165, 1.54) is 0 Å². The Morgan fingerprint density at radius 2 is 1.74 bits per heavy atom. The first kappa shape index (κ1) is 11.8. The number of pyridine rings is 2. The van der Waals surface area contributed by atoms with Crippen LogP contribution in [0.2, 0.25) is 0 Å². The lowest BCUT2D eigenvalue weighted by Crippen LogP contribution is -2.23. The van der Waals surface area contributed by atoms with Gasteiger partial charge < -0.3 is 4.57 Å². The van der Waals surface area contributed by atoms with Crippen LogP contribution in [0.5, 0.6) is 0 Å². The minimum atomic E-state index is -0.101. The lowest BCUT2D eigenvalue weighted by molar-refractivity contribution is 0.410. The van der Waals surface area contributed by atoms with Crippen LogP contribution in [-0.2, 0) is 5.54 Å². The van der Waals surface area contributed by atoms with Gasteiger partial charge in [-0.1, -0.05) is 6.07 Å². The SMILES string of the molecule is CC(C)(C)n1c(-c2ccccn2)nc2cccnc21. The smallest absolute Gasteiger partial charge is 0.161 e. The third-order valence-corrected chi connectivity index (χ3v) is 2.98. The van der Waals surface area contributed by atoms with Gasteiger partial charge in [-0.05, 0) is 45.0 Å². The van der Waals surface area contributed by atoms with Crippen LogP contribution in [0.3, 0.4) is 0 Å². The number of nitrogens with zero attached hydrogens (tertiary/aromatic N) is 4. The Balaban J connectivity index is 2.36. The van der Waals surface area contributed by atoms with Crippen LogP contribution in [0.15, 0.2) is 42.7 Å². The van der Waals surface area contributed by atoms with E-state index in [2.05, 4.69) is 40.3 Å². The summed E-state index contributed by atoms with van der Waals surface area (Å²) in [5, 5.41) is 0. The van der Waals surface area contributed by atoms with E-state index in [4.69, 9.17) is 0 Å². The maximum absolute atomic E-state index is 4.69. The Kier molecular flexibility index (Phi) is 2.59. The van der Waals surface area contributed by atoms with Gasteiger partial charge in [0.2, 0.25) is 0 Å². The molecule has 3 aromatic heterocycles. The van der Waals surface area contributed by atoms with Crippen molar-refractivity contribution in [3.05, 3.63) is 42.7 Å². The molecule has 0 aliphatic rings. The van der Waals surface area contributed by atoms with Gasteiger partial charge in [0.1, 0.15) is 11.2 Å². The van der Waals surface area contributed by atoms with Gasteiger partial charge >= 0.3 is 0 Å². The van der Waals surface area contributed by atoms with Gasteiger partial charge in [0.15, 0.2) is 11.5 Å². The fourth-order valence-corrected chi connectivity index (χ4v) is 2.21. The topological polar surface area (TPSA) is 43.6 Å². The number of aromatic nitrogens is 4. The molecule has 3 rings (SSSR count). The maximum Gasteiger partial charge on any atom is 0.161 e. The summed E-state index contributed by atoms with van der Waals surface area (Å²) in [6.07, 6.45) is 3.59. The number of hydrogen-bond donors (Lipinski definition) is 0. The van der Waals surface area contributed by atoms with Crippen LogP contribution in [0.4, 0.5) is 0 Å². The Morgan fingerprint density at radius 3 is 2.42 bits per heavy atom. The average molecular weight is 252 g/mol. The molecule has 0 spiro atoms. The highest BCUT2D eigenvalue weighted by atomic mass is 15.2. The normalized spacial score (nSPS) is 11.9. The summed E-state index contributed by atoms with van der Waals surface area (Å²) in [5.74, 6) is 0.863. The van der Waals surface area contributed by atoms with Crippen LogP contribution in [-0.4, -0.2) is 19.5 Å². The molecule has 0 atom stereocenters. The number of hydrogen-bond acceptors (Lipinski definition) is 3. The highest BCUT2D eigenvalue weighted by Gasteiger charge is 2.23. The van der Waals surface area contributed by atoms with E-state index in [-0.39, 0.29) is 5.54 Å². The Bertz CT molecular complexity index is 708. The van der Waals surface area contributed by atoms with Crippen molar-refractivity contribution in [1.82, 2.24) is 19.5 Å². The maximum atomic E-state index is 4.69. The first-order valence-corrected chi connectivity index (χ1v) is 6.33. The van der Waals surface area contributed by atoms with Crippen LogP contribution >= 0.6 is 0 Å². The zero-order valence-corrected chi connectivity index (χ0v) is 11.3. The molecule has 4 nitrogen and oxygen atoms in total. The molecule has 3 heterocycles. The first-order chi connectivity index (χ1) is 9.07. The molecule has 0 saturated heterocycles. The van der Waals surface area contributed by atoms with Gasteiger partial charge in [-0.15, -0.1) is 0 Å². The second kappa shape index (κ2) is 4.16. The molecule has 0 radical (unpaired) electrons. The van der Waals surface area contributed by atoms with Gasteiger partial charge in [-0.2, -0.15) is 0 Å². The van der Waals surface area contributed by atoms with Crippen LogP contribution in [0, 0.1) is 0 Å². The summed E-state index contributed by atoms with van der Waals surface area (Å²) < 4.78 is 2.14. The molecule has 0 amide bonds. The predicted molar refractivity (Wildman–Crippen MR) is 75.8 cm³/mol. The lowest BCUT2D eigenvalue weighted by Gasteiger charge is -2.23. The minimum Gasteiger partial charge on any atom is -0.302 e. The van der Waals surface area contributed by atoms with Gasteiger partial charge in [-0.3, -0.25) is 4.98 Å². The van der Waals surface area contributed by atoms with E-state index in [1.54, 1.807) is 12.4 Å². The summed E-state index contributed by atoms with van der Waals surface area (Å²) in [6.45, 7) is 6.44. The summed E-state index contributed by atoms with van der Waals surface area (Å²) >= 11 is 0. The summed E-state index contributed by atoms with van der Waals surface area (Å²) in [4.78, 5) is 13.6. The molecule has 19 heavy (non-hydrogen) atoms. The quantitative estimate of drug-likeness (QED) is 0.667. The van der Waals surface area contributed by atoms with Crippen molar-refractivity contribution in [3.8, 4) is 11.5 Å². The number of rotatable bonds is 1. The molecule has 0 unspecified atom stereocenters. The molecule has 0 aliphatic carbocycles. The van der Waals surface area contributed by atoms with Crippen LogP contribution in [0.1, 0.15) is 20.8 Å². The van der Waals surface area contributed by atoms with E-state index in [0.717, 1.165) is 22.7 Å². The largest absolute Gasteiger partial charge is 0.302 e. The molecule has 0 fully saturated rings. The molecule has 0 aromatic carbocycles. The Morgan fingerprint density at radius 1 is 0.947 bits per heavy atom. The predicted octanol–water partition coefficient (Wildman–Crippen LogP) is 3.25. The second-order valence-electron chi connectivity index (χ2n) is 5.50. The highest BCUT2D eigenvalue weighted by molar-refractivity contribution is 5.76. The fourth-order valence-electron chi connectivity index (χ4n) is 2.21. The number of imidazole rings is 1. The number of fused-ring (bicyclic) bond motifs is 1. The first-order valence-electron chi connectivity index (χ1n) is 6.33. The minimum absolute atomic E-state index is 0.101. The third kappa shape index (κ3) is 1.99. The van der Waals surface area contributed by atoms with Gasteiger partial charge in [0.25, 0.3) is 0 Å². The van der Waals surface area contributed by atoms with Crippen molar-refractivity contribution < 1.29 is 0 Å². The molecular formula is C15H16N4. The van der Waals surface area contributed by atoms with Crippen molar-refractivity contribution in [2.24, 2.45) is 0 Å². The molecule has 96 valence electrons. The molecular weight excluding hydrogens is 236 g/mol. The second-order valence-corrected chi connectivity index (χ2v) is 5.50. The zero-order valence-electron chi connectivity index (χ0n) is 11.3. The van der Waals surface area contributed by atoms with Crippen molar-refractivity contribution in [1.29, 1.82) is 0 Å². The zero-order chi connectivity index (χ0) is 13.5. The standard InChI is InChI=1S/C15H16N4/c1-15(2,3)19-13-12(8-6-10-17-13)18-14(19)11-7-4-5-9-16-11/h4-10H,1-3H3. The van der Waals surface area contributed by atoms with Crippen LogP contribution < -0.4 is 0 Å². The lowest BCUT2D eigenvalue weighted by atomic mass is 10.1. The average Bonchev–Trinajstić information content (AvgIpc) is 2.79. The highest BCUT2D eigenvalue weighted by Crippen LogP contribution is 2.28. The van der Waals surface area contributed by atoms with Crippen molar-refractivity contribution in [2.75, 3.05) is 0 Å². The van der Waals surface area contributed by atoms with Gasteiger partial charge in [0.05, 0.1) is 0 Å². The van der Waals surface area contributed by atoms with Gasteiger partial charge in [-0.25, -0.2) is 9.97 Å². The van der Waals surface area contributed by atoms with Crippen molar-refractivity contribution in [2.45, 2.75) is 26.3 Å². The van der Waals surface area contributed by atoms with E-state index in [9.17, 15) is 0 Å². The van der Waals surface area contributed by atoms with E-state index in [0.29, 0.717) is 0 Å². The Labute approximate surface area is 112 Å². The van der Waals surface area contributed by atoms with E-state index >= 15 is 0 Å². The van der Waals surface area contributed by atoms with E-state index < -0.39 is 0 Å². The molecule has 3 aromatic rings. The molecule has 4 heteroatoms. The fraction of sp³-hybridized carbons (Fsp3) is 0.267. The molecule has 0 aliphatic heterocycles. The van der Waals surface area contributed by atoms with Crippen LogP contribution in [0.25, 0.3) is 22.7 Å². The molecule has 0 bridgehead atoms. The van der Waals surface area contributed by atoms with Crippen molar-refractivity contribution >= 4 is 11.2 Å². The summed E-state index contributed by atoms with van der Waals surface area (Å²) in [5.41, 5.74) is 2.57. The van der Waals surface area contributed by atoms with Crippen molar-refractivity contribution in [3.63, 3.8) is 0 Å². The summed E-state index contributed by atoms with van der Waals surface area (Å²) in [6, 6.07) is 9.75. The summed E-state index contributed by atoms with van der Waals surface area (Å²) in [7, 11) is 0. The molecule has 0 saturated carbocycles. The monoisotopic (exact) mass is 252 g/mol. The van der Waals surface area contributed by atoms with Gasteiger partial charge in [0, 0.05) is 17.9 Å². The molecule has 0 N–H and O–H groups in total. The third-order valence-electron chi connectivity index (χ3n) is 2.98.